The molecule has 1 aromatic heterocycles. The molecule has 0 spiro atoms. The van der Waals surface area contributed by atoms with Crippen molar-refractivity contribution < 1.29 is 0 Å². The van der Waals surface area contributed by atoms with Gasteiger partial charge < -0.3 is 0 Å². The van der Waals surface area contributed by atoms with Gasteiger partial charge in [-0.2, -0.15) is 0 Å². The Morgan fingerprint density at radius 2 is 1.82 bits per heavy atom. The molecule has 2 nitrogen and oxygen atoms in total. The second-order valence-electron chi connectivity index (χ2n) is 3.65. The molecule has 0 unspecified atom stereocenters. The van der Waals surface area contributed by atoms with Crippen molar-refractivity contribution in [2.24, 2.45) is 0 Å². The molecule has 0 N–H and O–H groups in total. The van der Waals surface area contributed by atoms with Crippen LogP contribution in [0.25, 0.3) is 11.4 Å². The van der Waals surface area contributed by atoms with E-state index in [1.807, 2.05) is 26.0 Å². The van der Waals surface area contributed by atoms with Gasteiger partial charge in [0.1, 0.15) is 4.60 Å². The minimum atomic E-state index is 0.476. The van der Waals surface area contributed by atoms with Crippen molar-refractivity contribution in [1.82, 2.24) is 9.97 Å². The zero-order valence-electron chi connectivity index (χ0n) is 9.26. The van der Waals surface area contributed by atoms with Crippen LogP contribution in [0.3, 0.4) is 0 Å². The van der Waals surface area contributed by atoms with E-state index in [4.69, 9.17) is 23.2 Å². The van der Waals surface area contributed by atoms with Crippen molar-refractivity contribution in [2.75, 3.05) is 0 Å². The maximum atomic E-state index is 6.14. The molecule has 0 fully saturated rings. The van der Waals surface area contributed by atoms with E-state index in [0.717, 1.165) is 21.4 Å². The normalized spacial score (nSPS) is 10.6. The highest BCUT2D eigenvalue weighted by atomic mass is 79.9. The average Bonchev–Trinajstić information content (AvgIpc) is 2.29. The lowest BCUT2D eigenvalue weighted by molar-refractivity contribution is 1.05. The smallest absolute Gasteiger partial charge is 0.162 e. The molecule has 0 aliphatic rings. The van der Waals surface area contributed by atoms with Gasteiger partial charge in [-0.05, 0) is 41.9 Å². The Labute approximate surface area is 118 Å². The Hall–Kier alpha value is -0.640. The van der Waals surface area contributed by atoms with Gasteiger partial charge in [0.25, 0.3) is 0 Å². The number of nitrogens with zero attached hydrogens (tertiary/aromatic N) is 2. The number of benzene rings is 1. The van der Waals surface area contributed by atoms with Gasteiger partial charge in [-0.3, -0.25) is 0 Å². The molecular formula is C12H9BrCl2N2. The molecule has 0 saturated heterocycles. The highest BCUT2D eigenvalue weighted by Gasteiger charge is 2.12. The van der Waals surface area contributed by atoms with Gasteiger partial charge >= 0.3 is 0 Å². The zero-order chi connectivity index (χ0) is 12.6. The molecule has 88 valence electrons. The third-order valence-electron chi connectivity index (χ3n) is 2.52. The summed E-state index contributed by atoms with van der Waals surface area (Å²) in [5, 5.41) is 0.978. The molecule has 0 saturated carbocycles. The summed E-state index contributed by atoms with van der Waals surface area (Å²) in [5.74, 6) is 0.576. The van der Waals surface area contributed by atoms with E-state index in [-0.39, 0.29) is 0 Å². The van der Waals surface area contributed by atoms with Crippen LogP contribution in [0.2, 0.25) is 10.0 Å². The predicted octanol–water partition coefficient (Wildman–Crippen LogP) is 4.83. The summed E-state index contributed by atoms with van der Waals surface area (Å²) in [6.07, 6.45) is 0. The minimum Gasteiger partial charge on any atom is -0.233 e. The monoisotopic (exact) mass is 330 g/mol. The van der Waals surface area contributed by atoms with E-state index < -0.39 is 0 Å². The fourth-order valence-electron chi connectivity index (χ4n) is 1.39. The lowest BCUT2D eigenvalue weighted by Gasteiger charge is -2.08. The van der Waals surface area contributed by atoms with Gasteiger partial charge in [-0.15, -0.1) is 0 Å². The molecule has 2 rings (SSSR count). The van der Waals surface area contributed by atoms with Gasteiger partial charge in [-0.1, -0.05) is 29.3 Å². The van der Waals surface area contributed by atoms with Crippen LogP contribution in [0.15, 0.2) is 22.8 Å². The average molecular weight is 332 g/mol. The van der Waals surface area contributed by atoms with Crippen molar-refractivity contribution in [2.45, 2.75) is 13.8 Å². The summed E-state index contributed by atoms with van der Waals surface area (Å²) in [6.45, 7) is 3.90. The van der Waals surface area contributed by atoms with E-state index >= 15 is 0 Å². The Bertz CT molecular complexity index is 562. The minimum absolute atomic E-state index is 0.476. The topological polar surface area (TPSA) is 25.8 Å². The first-order chi connectivity index (χ1) is 8.00. The SMILES string of the molecule is Cc1nc(-c2cccc(Cl)c2Cl)nc(Br)c1C. The van der Waals surface area contributed by atoms with Crippen LogP contribution < -0.4 is 0 Å². The Kier molecular flexibility index (Phi) is 3.71. The largest absolute Gasteiger partial charge is 0.233 e. The molecule has 0 radical (unpaired) electrons. The first-order valence-electron chi connectivity index (χ1n) is 4.96. The van der Waals surface area contributed by atoms with Crippen LogP contribution >= 0.6 is 39.1 Å². The van der Waals surface area contributed by atoms with E-state index in [2.05, 4.69) is 25.9 Å². The van der Waals surface area contributed by atoms with Crippen molar-refractivity contribution in [3.05, 3.63) is 44.1 Å². The molecule has 0 bridgehead atoms. The Balaban J connectivity index is 2.65. The number of aryl methyl sites for hydroxylation is 1. The molecule has 17 heavy (non-hydrogen) atoms. The van der Waals surface area contributed by atoms with Gasteiger partial charge in [-0.25, -0.2) is 9.97 Å². The van der Waals surface area contributed by atoms with Crippen LogP contribution in [0.5, 0.6) is 0 Å². The fraction of sp³-hybridized carbons (Fsp3) is 0.167. The van der Waals surface area contributed by atoms with Crippen molar-refractivity contribution >= 4 is 39.1 Å². The molecule has 0 atom stereocenters. The highest BCUT2D eigenvalue weighted by Crippen LogP contribution is 2.32. The third kappa shape index (κ3) is 2.46. The predicted molar refractivity (Wildman–Crippen MR) is 74.7 cm³/mol. The summed E-state index contributed by atoms with van der Waals surface area (Å²) < 4.78 is 0.774. The van der Waals surface area contributed by atoms with E-state index in [0.29, 0.717) is 15.9 Å². The quantitative estimate of drug-likeness (QED) is 0.699. The zero-order valence-corrected chi connectivity index (χ0v) is 12.4. The van der Waals surface area contributed by atoms with E-state index in [1.54, 1.807) is 6.07 Å². The van der Waals surface area contributed by atoms with Crippen molar-refractivity contribution in [3.8, 4) is 11.4 Å². The first-order valence-corrected chi connectivity index (χ1v) is 6.50. The fourth-order valence-corrected chi connectivity index (χ4v) is 2.23. The second-order valence-corrected chi connectivity index (χ2v) is 5.19. The molecular weight excluding hydrogens is 323 g/mol. The molecule has 0 aliphatic carbocycles. The lowest BCUT2D eigenvalue weighted by Crippen LogP contribution is -1.97. The number of hydrogen-bond acceptors (Lipinski definition) is 2. The molecule has 1 heterocycles. The summed E-state index contributed by atoms with van der Waals surface area (Å²) in [4.78, 5) is 8.79. The lowest BCUT2D eigenvalue weighted by atomic mass is 10.2. The van der Waals surface area contributed by atoms with Crippen LogP contribution in [0.4, 0.5) is 0 Å². The first kappa shape index (κ1) is 12.8. The van der Waals surface area contributed by atoms with Crippen LogP contribution in [0, 0.1) is 13.8 Å². The van der Waals surface area contributed by atoms with Gasteiger partial charge in [0, 0.05) is 16.8 Å². The summed E-state index contributed by atoms with van der Waals surface area (Å²) in [5.41, 5.74) is 2.67. The van der Waals surface area contributed by atoms with Gasteiger partial charge in [0.05, 0.1) is 10.0 Å². The van der Waals surface area contributed by atoms with Crippen LogP contribution in [-0.4, -0.2) is 9.97 Å². The molecule has 0 aliphatic heterocycles. The Morgan fingerprint density at radius 1 is 1.12 bits per heavy atom. The number of halogens is 3. The maximum absolute atomic E-state index is 6.14. The number of aromatic nitrogens is 2. The molecule has 1 aromatic carbocycles. The number of hydrogen-bond donors (Lipinski definition) is 0. The van der Waals surface area contributed by atoms with Crippen LogP contribution in [-0.2, 0) is 0 Å². The van der Waals surface area contributed by atoms with E-state index in [9.17, 15) is 0 Å². The number of rotatable bonds is 1. The van der Waals surface area contributed by atoms with E-state index in [1.165, 1.54) is 0 Å². The summed E-state index contributed by atoms with van der Waals surface area (Å²) >= 11 is 15.5. The third-order valence-corrected chi connectivity index (χ3v) is 4.11. The van der Waals surface area contributed by atoms with Crippen molar-refractivity contribution in [3.63, 3.8) is 0 Å². The maximum Gasteiger partial charge on any atom is 0.162 e. The van der Waals surface area contributed by atoms with Crippen LogP contribution in [0.1, 0.15) is 11.3 Å². The van der Waals surface area contributed by atoms with Gasteiger partial charge in [0.2, 0.25) is 0 Å². The molecule has 2 aromatic rings. The second kappa shape index (κ2) is 4.92. The molecule has 0 amide bonds. The standard InChI is InChI=1S/C12H9BrCl2N2/c1-6-7(2)16-12(17-11(6)13)8-4-3-5-9(14)10(8)15/h3-5H,1-2H3. The summed E-state index contributed by atoms with van der Waals surface area (Å²) in [7, 11) is 0. The molecule has 5 heteroatoms. The van der Waals surface area contributed by atoms with Crippen molar-refractivity contribution in [1.29, 1.82) is 0 Å². The summed E-state index contributed by atoms with van der Waals surface area (Å²) in [6, 6.07) is 5.42. The van der Waals surface area contributed by atoms with Gasteiger partial charge in [0.15, 0.2) is 5.82 Å². The Morgan fingerprint density at radius 3 is 2.47 bits per heavy atom. The highest BCUT2D eigenvalue weighted by molar-refractivity contribution is 9.10.